The van der Waals surface area contributed by atoms with Gasteiger partial charge in [0.15, 0.2) is 5.82 Å². The number of sulfonamides is 1. The number of ether oxygens (including phenoxy) is 1. The molecule has 0 radical (unpaired) electrons. The fourth-order valence-corrected chi connectivity index (χ4v) is 5.13. The third-order valence-corrected chi connectivity index (χ3v) is 7.58. The Morgan fingerprint density at radius 3 is 2.06 bits per heavy atom. The molecule has 160 valence electrons. The van der Waals surface area contributed by atoms with Gasteiger partial charge in [0.05, 0.1) is 10.6 Å². The molecular formula is C23H24N4O3S. The molecule has 0 N–H and O–H groups in total. The zero-order chi connectivity index (χ0) is 21.3. The van der Waals surface area contributed by atoms with Gasteiger partial charge in [0.1, 0.15) is 11.5 Å². The molecule has 3 aromatic rings. The highest BCUT2D eigenvalue weighted by molar-refractivity contribution is 7.89. The Bertz CT molecular complexity index is 1120. The van der Waals surface area contributed by atoms with Crippen molar-refractivity contribution in [1.29, 1.82) is 0 Å². The van der Waals surface area contributed by atoms with Crippen molar-refractivity contribution in [2.75, 3.05) is 31.1 Å². The Kier molecular flexibility index (Phi) is 5.33. The average molecular weight is 437 g/mol. The van der Waals surface area contributed by atoms with Crippen molar-refractivity contribution in [3.63, 3.8) is 0 Å². The van der Waals surface area contributed by atoms with Gasteiger partial charge in [-0.15, -0.1) is 5.10 Å². The largest absolute Gasteiger partial charge is 0.457 e. The van der Waals surface area contributed by atoms with Crippen molar-refractivity contribution < 1.29 is 13.2 Å². The Morgan fingerprint density at radius 1 is 0.774 bits per heavy atom. The summed E-state index contributed by atoms with van der Waals surface area (Å²) >= 11 is 0. The lowest BCUT2D eigenvalue weighted by Crippen LogP contribution is -2.49. The summed E-state index contributed by atoms with van der Waals surface area (Å²) < 4.78 is 33.4. The highest BCUT2D eigenvalue weighted by Crippen LogP contribution is 2.38. The summed E-state index contributed by atoms with van der Waals surface area (Å²) in [5.74, 6) is 2.70. The summed E-state index contributed by atoms with van der Waals surface area (Å²) in [6.07, 6.45) is 2.40. The molecule has 1 aliphatic heterocycles. The number of hydrogen-bond acceptors (Lipinski definition) is 6. The van der Waals surface area contributed by atoms with E-state index in [0.29, 0.717) is 43.6 Å². The number of hydrogen-bond donors (Lipinski definition) is 0. The molecular weight excluding hydrogens is 412 g/mol. The quantitative estimate of drug-likeness (QED) is 0.587. The van der Waals surface area contributed by atoms with E-state index in [-0.39, 0.29) is 4.90 Å². The number of para-hydroxylation sites is 1. The van der Waals surface area contributed by atoms with Crippen LogP contribution in [-0.4, -0.2) is 49.1 Å². The zero-order valence-electron chi connectivity index (χ0n) is 17.1. The van der Waals surface area contributed by atoms with Crippen LogP contribution in [0.1, 0.15) is 24.5 Å². The molecule has 1 aliphatic carbocycles. The van der Waals surface area contributed by atoms with Crippen LogP contribution in [0.3, 0.4) is 0 Å². The van der Waals surface area contributed by atoms with Gasteiger partial charge in [0, 0.05) is 32.1 Å². The predicted octanol–water partition coefficient (Wildman–Crippen LogP) is 3.66. The molecule has 7 nitrogen and oxygen atoms in total. The third kappa shape index (κ3) is 4.40. The molecule has 1 saturated carbocycles. The van der Waals surface area contributed by atoms with Gasteiger partial charge in [-0.3, -0.25) is 0 Å². The fraction of sp³-hybridized carbons (Fsp3) is 0.304. The van der Waals surface area contributed by atoms with Crippen molar-refractivity contribution in [2.45, 2.75) is 23.7 Å². The summed E-state index contributed by atoms with van der Waals surface area (Å²) in [6.45, 7) is 2.01. The van der Waals surface area contributed by atoms with E-state index >= 15 is 0 Å². The van der Waals surface area contributed by atoms with Gasteiger partial charge in [-0.25, -0.2) is 8.42 Å². The van der Waals surface area contributed by atoms with E-state index in [2.05, 4.69) is 15.1 Å². The molecule has 0 spiro atoms. The Labute approximate surface area is 182 Å². The molecule has 8 heteroatoms. The monoisotopic (exact) mass is 436 g/mol. The number of rotatable bonds is 6. The highest BCUT2D eigenvalue weighted by atomic mass is 32.2. The van der Waals surface area contributed by atoms with Gasteiger partial charge in [-0.1, -0.05) is 18.2 Å². The SMILES string of the molecule is O=S(=O)(c1ccc(Oc2ccccc2)cc1)N1CCN(c2ccc(C3CC3)nn2)CC1. The number of benzene rings is 2. The van der Waals surface area contributed by atoms with Crippen molar-refractivity contribution >= 4 is 15.8 Å². The minimum atomic E-state index is -3.55. The zero-order valence-corrected chi connectivity index (χ0v) is 17.9. The highest BCUT2D eigenvalue weighted by Gasteiger charge is 2.30. The summed E-state index contributed by atoms with van der Waals surface area (Å²) in [5, 5.41) is 8.68. The van der Waals surface area contributed by atoms with Crippen LogP contribution in [0, 0.1) is 0 Å². The lowest BCUT2D eigenvalue weighted by molar-refractivity contribution is 0.383. The maximum atomic E-state index is 13.1. The predicted molar refractivity (Wildman–Crippen MR) is 118 cm³/mol. The lowest BCUT2D eigenvalue weighted by atomic mass is 10.2. The average Bonchev–Trinajstić information content (AvgIpc) is 3.66. The number of anilines is 1. The Balaban J connectivity index is 1.22. The van der Waals surface area contributed by atoms with Crippen molar-refractivity contribution in [2.24, 2.45) is 0 Å². The molecule has 31 heavy (non-hydrogen) atoms. The van der Waals surface area contributed by atoms with E-state index < -0.39 is 10.0 Å². The van der Waals surface area contributed by atoms with Crippen LogP contribution in [0.4, 0.5) is 5.82 Å². The van der Waals surface area contributed by atoms with E-state index in [4.69, 9.17) is 4.74 Å². The molecule has 1 aromatic heterocycles. The minimum Gasteiger partial charge on any atom is -0.457 e. The summed E-state index contributed by atoms with van der Waals surface area (Å²) in [6, 6.07) is 20.0. The van der Waals surface area contributed by atoms with E-state index in [9.17, 15) is 8.42 Å². The normalized spacial score (nSPS) is 17.5. The maximum absolute atomic E-state index is 13.1. The summed E-state index contributed by atoms with van der Waals surface area (Å²) in [7, 11) is -3.55. The molecule has 1 saturated heterocycles. The first-order valence-corrected chi connectivity index (χ1v) is 12.0. The summed E-state index contributed by atoms with van der Waals surface area (Å²) in [4.78, 5) is 2.36. The van der Waals surface area contributed by atoms with Crippen molar-refractivity contribution in [3.8, 4) is 11.5 Å². The van der Waals surface area contributed by atoms with Crippen LogP contribution in [-0.2, 0) is 10.0 Å². The number of nitrogens with zero attached hydrogens (tertiary/aromatic N) is 4. The standard InChI is InChI=1S/C23H24N4O3S/c28-31(29,21-10-8-20(9-11-21)30-19-4-2-1-3-5-19)27-16-14-26(15-17-27)23-13-12-22(24-25-23)18-6-7-18/h1-5,8-13,18H,6-7,14-17H2. The van der Waals surface area contributed by atoms with Gasteiger partial charge in [-0.05, 0) is 61.4 Å². The van der Waals surface area contributed by atoms with E-state index in [1.165, 1.54) is 17.1 Å². The third-order valence-electron chi connectivity index (χ3n) is 5.67. The molecule has 0 bridgehead atoms. The summed E-state index contributed by atoms with van der Waals surface area (Å²) in [5.41, 5.74) is 1.06. The fourth-order valence-electron chi connectivity index (χ4n) is 3.71. The first kappa shape index (κ1) is 20.0. The van der Waals surface area contributed by atoms with Gasteiger partial charge < -0.3 is 9.64 Å². The van der Waals surface area contributed by atoms with Crippen LogP contribution >= 0.6 is 0 Å². The van der Waals surface area contributed by atoms with Crippen LogP contribution in [0.2, 0.25) is 0 Å². The first-order valence-electron chi connectivity index (χ1n) is 10.5. The molecule has 0 unspecified atom stereocenters. The molecule has 2 aliphatic rings. The van der Waals surface area contributed by atoms with E-state index in [1.54, 1.807) is 24.3 Å². The van der Waals surface area contributed by atoms with Gasteiger partial charge >= 0.3 is 0 Å². The maximum Gasteiger partial charge on any atom is 0.243 e. The molecule has 0 amide bonds. The molecule has 2 fully saturated rings. The van der Waals surface area contributed by atoms with Crippen molar-refractivity contribution in [3.05, 3.63) is 72.4 Å². The molecule has 0 atom stereocenters. The van der Waals surface area contributed by atoms with Gasteiger partial charge in [0.2, 0.25) is 10.0 Å². The van der Waals surface area contributed by atoms with E-state index in [1.807, 2.05) is 42.5 Å². The molecule has 5 rings (SSSR count). The second-order valence-electron chi connectivity index (χ2n) is 7.87. The second-order valence-corrected chi connectivity index (χ2v) is 9.81. The first-order chi connectivity index (χ1) is 15.1. The van der Waals surface area contributed by atoms with Gasteiger partial charge in [-0.2, -0.15) is 9.40 Å². The lowest BCUT2D eigenvalue weighted by Gasteiger charge is -2.34. The van der Waals surface area contributed by atoms with Crippen LogP contribution in [0.25, 0.3) is 0 Å². The minimum absolute atomic E-state index is 0.273. The topological polar surface area (TPSA) is 75.6 Å². The van der Waals surface area contributed by atoms with E-state index in [0.717, 1.165) is 11.5 Å². The smallest absolute Gasteiger partial charge is 0.243 e. The van der Waals surface area contributed by atoms with Crippen molar-refractivity contribution in [1.82, 2.24) is 14.5 Å². The molecule has 2 aromatic carbocycles. The van der Waals surface area contributed by atoms with Crippen LogP contribution in [0.5, 0.6) is 11.5 Å². The van der Waals surface area contributed by atoms with Gasteiger partial charge in [0.25, 0.3) is 0 Å². The Morgan fingerprint density at radius 2 is 1.45 bits per heavy atom. The number of aromatic nitrogens is 2. The van der Waals surface area contributed by atoms with Crippen LogP contribution in [0.15, 0.2) is 71.6 Å². The van der Waals surface area contributed by atoms with Crippen LogP contribution < -0.4 is 9.64 Å². The number of piperazine rings is 1. The second kappa shape index (κ2) is 8.28. The molecule has 2 heterocycles. The Hall–Kier alpha value is -2.97.